The second-order valence-electron chi connectivity index (χ2n) is 8.57. The van der Waals surface area contributed by atoms with Gasteiger partial charge >= 0.3 is 0 Å². The summed E-state index contributed by atoms with van der Waals surface area (Å²) in [4.78, 5) is 26.2. The number of benzene rings is 3. The number of piperidine rings is 1. The van der Waals surface area contributed by atoms with Crippen LogP contribution in [0, 0.1) is 5.92 Å². The molecule has 35 heavy (non-hydrogen) atoms. The van der Waals surface area contributed by atoms with Gasteiger partial charge in [0, 0.05) is 29.2 Å². The van der Waals surface area contributed by atoms with Crippen molar-refractivity contribution < 1.29 is 18.0 Å². The maximum Gasteiger partial charge on any atom is 0.257 e. The third-order valence-corrected chi connectivity index (χ3v) is 8.53. The highest BCUT2D eigenvalue weighted by molar-refractivity contribution is 7.89. The average Bonchev–Trinajstić information content (AvgIpc) is 2.85. The number of sulfonamides is 1. The quantitative estimate of drug-likeness (QED) is 0.402. The van der Waals surface area contributed by atoms with Gasteiger partial charge in [-0.1, -0.05) is 60.5 Å². The molecule has 1 amide bonds. The summed E-state index contributed by atoms with van der Waals surface area (Å²) in [5.74, 6) is -0.478. The summed E-state index contributed by atoms with van der Waals surface area (Å²) < 4.78 is 27.8. The van der Waals surface area contributed by atoms with Gasteiger partial charge < -0.3 is 5.32 Å². The van der Waals surface area contributed by atoms with Crippen molar-refractivity contribution in [2.45, 2.75) is 24.7 Å². The van der Waals surface area contributed by atoms with Crippen LogP contribution in [0.2, 0.25) is 10.0 Å². The highest BCUT2D eigenvalue weighted by Crippen LogP contribution is 2.29. The minimum absolute atomic E-state index is 0.00158. The van der Waals surface area contributed by atoms with E-state index >= 15 is 0 Å². The summed E-state index contributed by atoms with van der Waals surface area (Å²) in [6.07, 6.45) is 1.57. The van der Waals surface area contributed by atoms with Crippen molar-refractivity contribution in [2.75, 3.05) is 18.4 Å². The lowest BCUT2D eigenvalue weighted by molar-refractivity contribution is 0.102. The molecule has 1 fully saturated rings. The van der Waals surface area contributed by atoms with Crippen molar-refractivity contribution in [1.82, 2.24) is 4.31 Å². The van der Waals surface area contributed by atoms with Crippen molar-refractivity contribution in [3.05, 3.63) is 93.5 Å². The van der Waals surface area contributed by atoms with Gasteiger partial charge in [0.2, 0.25) is 10.0 Å². The van der Waals surface area contributed by atoms with E-state index in [4.69, 9.17) is 23.2 Å². The van der Waals surface area contributed by atoms with Gasteiger partial charge in [0.05, 0.1) is 21.2 Å². The summed E-state index contributed by atoms with van der Waals surface area (Å²) in [5.41, 5.74) is 0.875. The third kappa shape index (κ3) is 5.59. The minimum Gasteiger partial charge on any atom is -0.321 e. The Hall–Kier alpha value is -2.71. The predicted molar refractivity (Wildman–Crippen MR) is 138 cm³/mol. The largest absolute Gasteiger partial charge is 0.321 e. The molecular weight excluding hydrogens is 507 g/mol. The van der Waals surface area contributed by atoms with Gasteiger partial charge in [-0.2, -0.15) is 4.31 Å². The summed E-state index contributed by atoms with van der Waals surface area (Å²) in [6, 6.07) is 17.3. The van der Waals surface area contributed by atoms with Crippen LogP contribution < -0.4 is 5.32 Å². The molecule has 0 aromatic heterocycles. The molecule has 3 aromatic rings. The van der Waals surface area contributed by atoms with Crippen molar-refractivity contribution in [3.63, 3.8) is 0 Å². The smallest absolute Gasteiger partial charge is 0.257 e. The number of halogens is 2. The number of carbonyl (C=O) groups is 2. The van der Waals surface area contributed by atoms with Crippen molar-refractivity contribution >= 4 is 50.6 Å². The van der Waals surface area contributed by atoms with Crippen LogP contribution in [0.3, 0.4) is 0 Å². The van der Waals surface area contributed by atoms with Crippen LogP contribution in [0.5, 0.6) is 0 Å². The van der Waals surface area contributed by atoms with Gasteiger partial charge in [-0.25, -0.2) is 8.42 Å². The Bertz CT molecular complexity index is 1370. The maximum absolute atomic E-state index is 13.2. The van der Waals surface area contributed by atoms with E-state index in [1.807, 2.05) is 0 Å². The fraction of sp³-hybridized carbons (Fsp3) is 0.231. The van der Waals surface area contributed by atoms with Crippen LogP contribution in [0.1, 0.15) is 46.0 Å². The van der Waals surface area contributed by atoms with E-state index in [9.17, 15) is 18.0 Å². The number of hydrogen-bond donors (Lipinski definition) is 1. The molecule has 0 atom stereocenters. The van der Waals surface area contributed by atoms with E-state index in [1.54, 1.807) is 36.4 Å². The van der Waals surface area contributed by atoms with E-state index in [2.05, 4.69) is 12.2 Å². The molecule has 1 saturated heterocycles. The number of nitrogens with zero attached hydrogens (tertiary/aromatic N) is 1. The fourth-order valence-electron chi connectivity index (χ4n) is 3.96. The topological polar surface area (TPSA) is 83.6 Å². The van der Waals surface area contributed by atoms with E-state index in [-0.39, 0.29) is 32.5 Å². The predicted octanol–water partition coefficient (Wildman–Crippen LogP) is 5.90. The van der Waals surface area contributed by atoms with Crippen molar-refractivity contribution in [1.29, 1.82) is 0 Å². The zero-order valence-electron chi connectivity index (χ0n) is 19.0. The van der Waals surface area contributed by atoms with Gasteiger partial charge in [-0.05, 0) is 55.2 Å². The molecule has 9 heteroatoms. The first-order valence-electron chi connectivity index (χ1n) is 11.2. The number of ketones is 1. The highest BCUT2D eigenvalue weighted by Gasteiger charge is 2.29. The summed E-state index contributed by atoms with van der Waals surface area (Å²) >= 11 is 12.4. The summed E-state index contributed by atoms with van der Waals surface area (Å²) in [5, 5.41) is 3.13. The summed E-state index contributed by atoms with van der Waals surface area (Å²) in [6.45, 7) is 2.97. The first-order valence-corrected chi connectivity index (χ1v) is 13.4. The maximum atomic E-state index is 13.2. The monoisotopic (exact) mass is 530 g/mol. The first kappa shape index (κ1) is 25.4. The fourth-order valence-corrected chi connectivity index (χ4v) is 5.83. The van der Waals surface area contributed by atoms with Crippen LogP contribution in [0.4, 0.5) is 5.69 Å². The van der Waals surface area contributed by atoms with Crippen molar-refractivity contribution in [2.24, 2.45) is 5.92 Å². The molecule has 4 rings (SSSR count). The lowest BCUT2D eigenvalue weighted by Gasteiger charge is -2.29. The highest BCUT2D eigenvalue weighted by atomic mass is 35.5. The first-order chi connectivity index (χ1) is 16.7. The molecular formula is C26H24Cl2N2O4S. The Morgan fingerprint density at radius 3 is 2.29 bits per heavy atom. The summed E-state index contributed by atoms with van der Waals surface area (Å²) in [7, 11) is -3.77. The van der Waals surface area contributed by atoms with Crippen LogP contribution >= 0.6 is 23.2 Å². The SMILES string of the molecule is CC1CCN(S(=O)(=O)c2ccc(Cl)c(C(=O)Nc3ccc(Cl)cc3C(=O)c3ccccc3)c2)CC1. The van der Waals surface area contributed by atoms with Gasteiger partial charge in [-0.15, -0.1) is 0 Å². The number of carbonyl (C=O) groups excluding carboxylic acids is 2. The molecule has 0 aliphatic carbocycles. The Balaban J connectivity index is 1.63. The number of rotatable bonds is 6. The number of hydrogen-bond acceptors (Lipinski definition) is 4. The second-order valence-corrected chi connectivity index (χ2v) is 11.3. The Morgan fingerprint density at radius 2 is 1.60 bits per heavy atom. The molecule has 6 nitrogen and oxygen atoms in total. The lowest BCUT2D eigenvalue weighted by Crippen LogP contribution is -2.37. The zero-order valence-corrected chi connectivity index (χ0v) is 21.3. The number of nitrogens with one attached hydrogen (secondary N) is 1. The van der Waals surface area contributed by atoms with Crippen LogP contribution in [-0.2, 0) is 10.0 Å². The van der Waals surface area contributed by atoms with Crippen LogP contribution in [0.25, 0.3) is 0 Å². The van der Waals surface area contributed by atoms with Gasteiger partial charge in [0.1, 0.15) is 0 Å². The van der Waals surface area contributed by atoms with E-state index in [1.165, 1.54) is 34.6 Å². The normalized spacial score (nSPS) is 15.1. The second kappa shape index (κ2) is 10.5. The molecule has 0 radical (unpaired) electrons. The van der Waals surface area contributed by atoms with Crippen molar-refractivity contribution in [3.8, 4) is 0 Å². The molecule has 0 saturated carbocycles. The third-order valence-electron chi connectivity index (χ3n) is 6.07. The Kier molecular flexibility index (Phi) is 7.62. The molecule has 1 N–H and O–H groups in total. The standard InChI is InChI=1S/C26H24Cl2N2O4S/c1-17-11-13-30(14-12-17)35(33,34)20-8-9-23(28)21(16-20)26(32)29-24-10-7-19(27)15-22(24)25(31)18-5-3-2-4-6-18/h2-10,15-17H,11-14H2,1H3,(H,29,32). The molecule has 182 valence electrons. The molecule has 0 unspecified atom stereocenters. The number of anilines is 1. The van der Waals surface area contributed by atoms with Gasteiger partial charge in [0.15, 0.2) is 5.78 Å². The Morgan fingerprint density at radius 1 is 0.914 bits per heavy atom. The molecule has 0 spiro atoms. The molecule has 1 aliphatic rings. The van der Waals surface area contributed by atoms with E-state index in [0.29, 0.717) is 29.6 Å². The van der Waals surface area contributed by atoms with Gasteiger partial charge in [-0.3, -0.25) is 9.59 Å². The average molecular weight is 531 g/mol. The van der Waals surface area contributed by atoms with Gasteiger partial charge in [0.25, 0.3) is 5.91 Å². The molecule has 3 aromatic carbocycles. The van der Waals surface area contributed by atoms with Crippen LogP contribution in [-0.4, -0.2) is 37.5 Å². The molecule has 1 aliphatic heterocycles. The lowest BCUT2D eigenvalue weighted by atomic mass is 10.0. The molecule has 1 heterocycles. The van der Waals surface area contributed by atoms with Crippen LogP contribution in [0.15, 0.2) is 71.6 Å². The van der Waals surface area contributed by atoms with E-state index < -0.39 is 15.9 Å². The zero-order chi connectivity index (χ0) is 25.2. The minimum atomic E-state index is -3.77. The Labute approximate surface area is 214 Å². The van der Waals surface area contributed by atoms with E-state index in [0.717, 1.165) is 12.8 Å². The number of amides is 1. The molecule has 0 bridgehead atoms.